The summed E-state index contributed by atoms with van der Waals surface area (Å²) in [4.78, 5) is 15.5. The Labute approximate surface area is 163 Å². The number of fused-ring (bicyclic) bond motifs is 1. The Bertz CT molecular complexity index is 1060. The highest BCUT2D eigenvalue weighted by molar-refractivity contribution is 6.48. The van der Waals surface area contributed by atoms with Crippen molar-refractivity contribution in [3.63, 3.8) is 0 Å². The molecule has 0 saturated carbocycles. The summed E-state index contributed by atoms with van der Waals surface area (Å²) in [6, 6.07) is 6.33. The van der Waals surface area contributed by atoms with Crippen LogP contribution in [0.1, 0.15) is 32.2 Å². The van der Waals surface area contributed by atoms with Gasteiger partial charge < -0.3 is 4.90 Å². The fraction of sp³-hybridized carbons (Fsp3) is 0.300. The molecule has 0 atom stereocenters. The van der Waals surface area contributed by atoms with E-state index in [1.165, 1.54) is 5.69 Å². The molecule has 0 saturated heterocycles. The van der Waals surface area contributed by atoms with Gasteiger partial charge in [0.1, 0.15) is 11.4 Å². The van der Waals surface area contributed by atoms with Crippen LogP contribution in [0.3, 0.4) is 0 Å². The van der Waals surface area contributed by atoms with E-state index >= 15 is 0 Å². The molecule has 0 unspecified atom stereocenters. The van der Waals surface area contributed by atoms with Crippen molar-refractivity contribution in [3.05, 3.63) is 48.2 Å². The highest BCUT2D eigenvalue weighted by Gasteiger charge is 2.27. The zero-order valence-electron chi connectivity index (χ0n) is 16.5. The number of hydrogen-bond acceptors (Lipinski definition) is 7. The Kier molecular flexibility index (Phi) is 4.68. The Balaban J connectivity index is 1.72. The molecule has 142 valence electrons. The largest absolute Gasteiger partial charge is 0.372 e. The lowest BCUT2D eigenvalue weighted by Crippen LogP contribution is -2.21. The second-order valence-corrected chi connectivity index (χ2v) is 6.54. The third-order valence-electron chi connectivity index (χ3n) is 4.78. The minimum absolute atomic E-state index is 0.557. The van der Waals surface area contributed by atoms with Gasteiger partial charge in [0.15, 0.2) is 0 Å². The first-order valence-electron chi connectivity index (χ1n) is 9.34. The maximum absolute atomic E-state index is 4.85. The quantitative estimate of drug-likeness (QED) is 0.684. The fourth-order valence-corrected chi connectivity index (χ4v) is 3.26. The summed E-state index contributed by atoms with van der Waals surface area (Å²) in [5, 5.41) is 13.1. The minimum atomic E-state index is 0.557. The van der Waals surface area contributed by atoms with Crippen LogP contribution in [0.4, 0.5) is 11.4 Å². The maximum atomic E-state index is 4.85. The van der Waals surface area contributed by atoms with E-state index in [2.05, 4.69) is 63.1 Å². The van der Waals surface area contributed by atoms with Crippen molar-refractivity contribution in [2.45, 2.75) is 27.7 Å². The van der Waals surface area contributed by atoms with Crippen molar-refractivity contribution in [3.8, 4) is 11.5 Å². The average molecular weight is 374 g/mol. The number of benzene rings is 1. The molecule has 1 aromatic carbocycles. The number of aromatic nitrogens is 5. The number of hydrogen-bond donors (Lipinski definition) is 0. The summed E-state index contributed by atoms with van der Waals surface area (Å²) >= 11 is 0. The monoisotopic (exact) mass is 374 g/mol. The van der Waals surface area contributed by atoms with Gasteiger partial charge in [0.2, 0.25) is 11.6 Å². The van der Waals surface area contributed by atoms with Gasteiger partial charge in [0.05, 0.1) is 17.6 Å². The minimum Gasteiger partial charge on any atom is -0.372 e. The van der Waals surface area contributed by atoms with Gasteiger partial charge in [-0.2, -0.15) is 9.78 Å². The highest BCUT2D eigenvalue weighted by Crippen LogP contribution is 2.27. The van der Waals surface area contributed by atoms with Gasteiger partial charge in [-0.3, -0.25) is 4.98 Å². The first kappa shape index (κ1) is 18.0. The lowest BCUT2D eigenvalue weighted by Gasteiger charge is -2.21. The van der Waals surface area contributed by atoms with E-state index in [9.17, 15) is 0 Å². The van der Waals surface area contributed by atoms with Gasteiger partial charge in [-0.1, -0.05) is 0 Å². The van der Waals surface area contributed by atoms with Gasteiger partial charge in [0.25, 0.3) is 0 Å². The van der Waals surface area contributed by atoms with Crippen LogP contribution in [0.2, 0.25) is 0 Å². The fourth-order valence-electron chi connectivity index (χ4n) is 3.26. The normalized spacial score (nSPS) is 14.3. The van der Waals surface area contributed by atoms with E-state index in [4.69, 9.17) is 4.99 Å². The van der Waals surface area contributed by atoms with E-state index in [1.807, 2.05) is 13.0 Å². The molecule has 0 radical (unpaired) electrons. The maximum Gasteiger partial charge on any atom is 0.205 e. The number of rotatable bonds is 5. The van der Waals surface area contributed by atoms with Gasteiger partial charge in [-0.25, -0.2) is 9.98 Å². The standard InChI is InChI=1S/C20H22N8/c1-5-27(6-2)15-7-8-16(13(3)11-15)23-18-14(4)26-28-19(24-25-20(18)28)17-12-21-9-10-22-17/h7-12H,5-6H2,1-4H3/b23-18-. The average Bonchev–Trinajstić information content (AvgIpc) is 3.24. The van der Waals surface area contributed by atoms with E-state index < -0.39 is 0 Å². The zero-order valence-corrected chi connectivity index (χ0v) is 16.5. The molecule has 3 aromatic rings. The van der Waals surface area contributed by atoms with E-state index in [1.54, 1.807) is 23.3 Å². The third-order valence-corrected chi connectivity index (χ3v) is 4.78. The third kappa shape index (κ3) is 3.06. The Morgan fingerprint density at radius 2 is 1.82 bits per heavy atom. The molecule has 0 bridgehead atoms. The molecule has 4 rings (SSSR count). The predicted molar refractivity (Wildman–Crippen MR) is 110 cm³/mol. The number of nitrogens with zero attached hydrogens (tertiary/aromatic N) is 8. The van der Waals surface area contributed by atoms with Gasteiger partial charge in [-0.15, -0.1) is 10.2 Å². The summed E-state index contributed by atoms with van der Waals surface area (Å²) in [5.74, 6) is 1.17. The molecule has 3 heterocycles. The number of aliphatic imine (C=N–C) groups is 1. The Morgan fingerprint density at radius 3 is 2.50 bits per heavy atom. The number of anilines is 1. The first-order chi connectivity index (χ1) is 13.6. The summed E-state index contributed by atoms with van der Waals surface area (Å²) in [7, 11) is 0. The summed E-state index contributed by atoms with van der Waals surface area (Å²) in [6.07, 6.45) is 4.89. The van der Waals surface area contributed by atoms with Crippen molar-refractivity contribution >= 4 is 22.8 Å². The van der Waals surface area contributed by atoms with Gasteiger partial charge in [-0.05, 0) is 51.5 Å². The Morgan fingerprint density at radius 1 is 1.04 bits per heavy atom. The first-order valence-corrected chi connectivity index (χ1v) is 9.34. The molecule has 8 nitrogen and oxygen atoms in total. The van der Waals surface area contributed by atoms with Crippen LogP contribution in [0.25, 0.3) is 11.5 Å². The van der Waals surface area contributed by atoms with Crippen LogP contribution >= 0.6 is 0 Å². The molecule has 1 aliphatic rings. The topological polar surface area (TPSA) is 84.5 Å². The summed E-state index contributed by atoms with van der Waals surface area (Å²) in [6.45, 7) is 10.3. The molecule has 0 spiro atoms. The summed E-state index contributed by atoms with van der Waals surface area (Å²) in [5.41, 5.74) is 5.36. The lowest BCUT2D eigenvalue weighted by atomic mass is 10.1. The van der Waals surface area contributed by atoms with Gasteiger partial charge >= 0.3 is 0 Å². The predicted octanol–water partition coefficient (Wildman–Crippen LogP) is 3.25. The van der Waals surface area contributed by atoms with Crippen LogP contribution < -0.4 is 4.90 Å². The zero-order chi connectivity index (χ0) is 19.7. The number of aryl methyl sites for hydroxylation is 1. The van der Waals surface area contributed by atoms with Crippen LogP contribution in [0.5, 0.6) is 0 Å². The van der Waals surface area contributed by atoms with Crippen LogP contribution in [-0.2, 0) is 0 Å². The molecule has 1 aliphatic heterocycles. The second-order valence-electron chi connectivity index (χ2n) is 6.54. The van der Waals surface area contributed by atoms with E-state index in [-0.39, 0.29) is 0 Å². The summed E-state index contributed by atoms with van der Waals surface area (Å²) < 4.78 is 1.68. The van der Waals surface area contributed by atoms with Crippen LogP contribution in [0.15, 0.2) is 46.9 Å². The molecule has 0 N–H and O–H groups in total. The molecule has 0 fully saturated rings. The highest BCUT2D eigenvalue weighted by atomic mass is 15.5. The smallest absolute Gasteiger partial charge is 0.205 e. The lowest BCUT2D eigenvalue weighted by molar-refractivity contribution is 0.865. The van der Waals surface area contributed by atoms with Crippen molar-refractivity contribution in [1.82, 2.24) is 24.8 Å². The SMILES string of the molecule is CCN(CC)c1ccc(/N=C2/C(C)=Nn3c2nnc3-c2cnccn2)c(C)c1. The van der Waals surface area contributed by atoms with E-state index in [0.717, 1.165) is 35.8 Å². The van der Waals surface area contributed by atoms with Crippen molar-refractivity contribution in [1.29, 1.82) is 0 Å². The Hall–Kier alpha value is -3.42. The van der Waals surface area contributed by atoms with Gasteiger partial charge in [0, 0.05) is 31.2 Å². The van der Waals surface area contributed by atoms with Crippen molar-refractivity contribution < 1.29 is 0 Å². The molecular weight excluding hydrogens is 352 g/mol. The molecule has 2 aromatic heterocycles. The second kappa shape index (κ2) is 7.30. The molecule has 8 heteroatoms. The van der Waals surface area contributed by atoms with Crippen LogP contribution in [0, 0.1) is 6.92 Å². The molecular formula is C20H22N8. The molecule has 0 aliphatic carbocycles. The van der Waals surface area contributed by atoms with E-state index in [0.29, 0.717) is 17.3 Å². The molecule has 28 heavy (non-hydrogen) atoms. The van der Waals surface area contributed by atoms with Crippen molar-refractivity contribution in [2.24, 2.45) is 10.1 Å². The molecule has 0 amide bonds. The van der Waals surface area contributed by atoms with Crippen LogP contribution in [-0.4, -0.2) is 49.4 Å². The van der Waals surface area contributed by atoms with Crippen molar-refractivity contribution in [2.75, 3.05) is 18.0 Å².